The maximum Gasteiger partial charge on any atom is 0.222 e. The number of carbonyl (C=O) groups excluding carboxylic acids is 1. The summed E-state index contributed by atoms with van der Waals surface area (Å²) in [4.78, 5) is 14.1. The molecule has 4 nitrogen and oxygen atoms in total. The third-order valence-electron chi connectivity index (χ3n) is 4.38. The Morgan fingerprint density at radius 1 is 1.14 bits per heavy atom. The van der Waals surface area contributed by atoms with Gasteiger partial charge < -0.3 is 14.4 Å². The van der Waals surface area contributed by atoms with Crippen LogP contribution in [0.5, 0.6) is 11.5 Å². The maximum atomic E-state index is 12.2. The number of methoxy groups -OCH3 is 1. The van der Waals surface area contributed by atoms with Gasteiger partial charge in [0.1, 0.15) is 11.5 Å². The van der Waals surface area contributed by atoms with Crippen LogP contribution in [0.2, 0.25) is 0 Å². The van der Waals surface area contributed by atoms with Gasteiger partial charge in [-0.15, -0.1) is 0 Å². The summed E-state index contributed by atoms with van der Waals surface area (Å²) in [5.74, 6) is 1.87. The van der Waals surface area contributed by atoms with Crippen LogP contribution in [0, 0.1) is 0 Å². The molecule has 0 N–H and O–H groups in total. The number of ether oxygens (including phenoxy) is 2. The molecule has 0 atom stereocenters. The quantitative estimate of drug-likeness (QED) is 0.722. The average molecular weight is 305 g/mol. The Morgan fingerprint density at radius 3 is 2.41 bits per heavy atom. The molecular weight excluding hydrogens is 278 g/mol. The number of carbonyl (C=O) groups is 1. The number of hydrogen-bond acceptors (Lipinski definition) is 3. The molecule has 0 radical (unpaired) electrons. The number of rotatable bonds is 7. The third-order valence-corrected chi connectivity index (χ3v) is 4.38. The van der Waals surface area contributed by atoms with Crippen LogP contribution < -0.4 is 9.47 Å². The molecule has 1 aromatic rings. The average Bonchev–Trinajstić information content (AvgIpc) is 2.59. The number of benzene rings is 1. The van der Waals surface area contributed by atoms with Gasteiger partial charge in [-0.3, -0.25) is 4.79 Å². The highest BCUT2D eigenvalue weighted by molar-refractivity contribution is 5.76. The summed E-state index contributed by atoms with van der Waals surface area (Å²) < 4.78 is 10.8. The van der Waals surface area contributed by atoms with Crippen LogP contribution in [0.1, 0.15) is 44.9 Å². The highest BCUT2D eigenvalue weighted by Gasteiger charge is 2.21. The SMILES string of the molecule is COc1ccc(OCCCC(=O)N(C)C2CCCCC2)cc1. The second kappa shape index (κ2) is 8.66. The lowest BCUT2D eigenvalue weighted by Gasteiger charge is -2.31. The summed E-state index contributed by atoms with van der Waals surface area (Å²) in [6.07, 6.45) is 7.44. The van der Waals surface area contributed by atoms with Gasteiger partial charge in [0, 0.05) is 19.5 Å². The lowest BCUT2D eigenvalue weighted by atomic mass is 9.94. The summed E-state index contributed by atoms with van der Waals surface area (Å²) in [7, 11) is 3.59. The zero-order chi connectivity index (χ0) is 15.8. The largest absolute Gasteiger partial charge is 0.497 e. The second-order valence-electron chi connectivity index (χ2n) is 5.92. The van der Waals surface area contributed by atoms with Crippen LogP contribution in [-0.4, -0.2) is 37.6 Å². The van der Waals surface area contributed by atoms with E-state index < -0.39 is 0 Å². The molecule has 1 saturated carbocycles. The van der Waals surface area contributed by atoms with Gasteiger partial charge in [-0.1, -0.05) is 19.3 Å². The normalized spacial score (nSPS) is 15.4. The van der Waals surface area contributed by atoms with Crippen molar-refractivity contribution in [2.24, 2.45) is 0 Å². The van der Waals surface area contributed by atoms with E-state index in [-0.39, 0.29) is 5.91 Å². The van der Waals surface area contributed by atoms with Crippen LogP contribution in [0.25, 0.3) is 0 Å². The van der Waals surface area contributed by atoms with E-state index in [0.717, 1.165) is 30.8 Å². The van der Waals surface area contributed by atoms with Crippen LogP contribution in [0.4, 0.5) is 0 Å². The molecule has 1 amide bonds. The number of nitrogens with zero attached hydrogens (tertiary/aromatic N) is 1. The van der Waals surface area contributed by atoms with Crippen molar-refractivity contribution in [2.45, 2.75) is 51.0 Å². The van der Waals surface area contributed by atoms with Gasteiger partial charge in [0.2, 0.25) is 5.91 Å². The highest BCUT2D eigenvalue weighted by Crippen LogP contribution is 2.22. The molecule has 0 spiro atoms. The topological polar surface area (TPSA) is 38.8 Å². The van der Waals surface area contributed by atoms with Crippen molar-refractivity contribution in [3.8, 4) is 11.5 Å². The molecule has 1 aromatic carbocycles. The van der Waals surface area contributed by atoms with Crippen LogP contribution in [-0.2, 0) is 4.79 Å². The van der Waals surface area contributed by atoms with E-state index in [2.05, 4.69) is 0 Å². The lowest BCUT2D eigenvalue weighted by Crippen LogP contribution is -2.38. The molecule has 4 heteroatoms. The molecule has 0 heterocycles. The van der Waals surface area contributed by atoms with Gasteiger partial charge in [-0.2, -0.15) is 0 Å². The van der Waals surface area contributed by atoms with Crippen molar-refractivity contribution in [1.82, 2.24) is 4.90 Å². The second-order valence-corrected chi connectivity index (χ2v) is 5.92. The Morgan fingerprint density at radius 2 is 1.77 bits per heavy atom. The summed E-state index contributed by atoms with van der Waals surface area (Å²) in [5.41, 5.74) is 0. The van der Waals surface area contributed by atoms with E-state index >= 15 is 0 Å². The smallest absolute Gasteiger partial charge is 0.222 e. The molecular formula is C18H27NO3. The first-order valence-corrected chi connectivity index (χ1v) is 8.23. The first-order valence-electron chi connectivity index (χ1n) is 8.23. The van der Waals surface area contributed by atoms with Gasteiger partial charge >= 0.3 is 0 Å². The summed E-state index contributed by atoms with van der Waals surface area (Å²) in [6, 6.07) is 7.96. The molecule has 2 rings (SSSR count). The summed E-state index contributed by atoms with van der Waals surface area (Å²) in [5, 5.41) is 0. The molecule has 0 bridgehead atoms. The molecule has 22 heavy (non-hydrogen) atoms. The predicted octanol–water partition coefficient (Wildman–Crippen LogP) is 3.65. The van der Waals surface area contributed by atoms with Gasteiger partial charge in [0.05, 0.1) is 13.7 Å². The predicted molar refractivity (Wildman–Crippen MR) is 87.4 cm³/mol. The molecule has 0 saturated heterocycles. The van der Waals surface area contributed by atoms with Crippen molar-refractivity contribution in [3.63, 3.8) is 0 Å². The van der Waals surface area contributed by atoms with Gasteiger partial charge in [-0.05, 0) is 43.5 Å². The number of amides is 1. The van der Waals surface area contributed by atoms with Crippen LogP contribution >= 0.6 is 0 Å². The molecule has 0 aliphatic heterocycles. The fourth-order valence-electron chi connectivity index (χ4n) is 2.93. The standard InChI is InChI=1S/C18H27NO3/c1-19(15-7-4-3-5-8-15)18(20)9-6-14-22-17-12-10-16(21-2)11-13-17/h10-13,15H,3-9,14H2,1-2H3. The lowest BCUT2D eigenvalue weighted by molar-refractivity contribution is -0.132. The third kappa shape index (κ3) is 4.93. The van der Waals surface area contributed by atoms with Crippen molar-refractivity contribution >= 4 is 5.91 Å². The minimum absolute atomic E-state index is 0.241. The molecule has 1 fully saturated rings. The fourth-order valence-corrected chi connectivity index (χ4v) is 2.93. The van der Waals surface area contributed by atoms with E-state index in [1.54, 1.807) is 7.11 Å². The fraction of sp³-hybridized carbons (Fsp3) is 0.611. The van der Waals surface area contributed by atoms with Gasteiger partial charge in [0.15, 0.2) is 0 Å². The zero-order valence-corrected chi connectivity index (χ0v) is 13.7. The van der Waals surface area contributed by atoms with E-state index in [0.29, 0.717) is 19.1 Å². The van der Waals surface area contributed by atoms with E-state index in [4.69, 9.17) is 9.47 Å². The van der Waals surface area contributed by atoms with Gasteiger partial charge in [0.25, 0.3) is 0 Å². The highest BCUT2D eigenvalue weighted by atomic mass is 16.5. The van der Waals surface area contributed by atoms with E-state index in [9.17, 15) is 4.79 Å². The van der Waals surface area contributed by atoms with Crippen molar-refractivity contribution in [1.29, 1.82) is 0 Å². The molecule has 0 unspecified atom stereocenters. The van der Waals surface area contributed by atoms with Crippen LogP contribution in [0.15, 0.2) is 24.3 Å². The summed E-state index contributed by atoms with van der Waals surface area (Å²) in [6.45, 7) is 0.566. The van der Waals surface area contributed by atoms with Crippen molar-refractivity contribution in [2.75, 3.05) is 20.8 Å². The van der Waals surface area contributed by atoms with Crippen LogP contribution in [0.3, 0.4) is 0 Å². The van der Waals surface area contributed by atoms with E-state index in [1.165, 1.54) is 19.3 Å². The Balaban J connectivity index is 1.65. The molecule has 1 aliphatic carbocycles. The maximum absolute atomic E-state index is 12.2. The first kappa shape index (κ1) is 16.7. The Hall–Kier alpha value is -1.71. The Bertz CT molecular complexity index is 452. The van der Waals surface area contributed by atoms with Crippen molar-refractivity contribution < 1.29 is 14.3 Å². The molecule has 0 aromatic heterocycles. The minimum atomic E-state index is 0.241. The first-order chi connectivity index (χ1) is 10.7. The summed E-state index contributed by atoms with van der Waals surface area (Å²) >= 11 is 0. The Kier molecular flexibility index (Phi) is 6.56. The monoisotopic (exact) mass is 305 g/mol. The van der Waals surface area contributed by atoms with Crippen molar-refractivity contribution in [3.05, 3.63) is 24.3 Å². The Labute approximate surface area is 133 Å². The number of hydrogen-bond donors (Lipinski definition) is 0. The molecule has 122 valence electrons. The van der Waals surface area contributed by atoms with Gasteiger partial charge in [-0.25, -0.2) is 0 Å². The minimum Gasteiger partial charge on any atom is -0.497 e. The molecule has 1 aliphatic rings. The zero-order valence-electron chi connectivity index (χ0n) is 13.7. The van der Waals surface area contributed by atoms with E-state index in [1.807, 2.05) is 36.2 Å².